The van der Waals surface area contributed by atoms with Crippen LogP contribution in [0.4, 0.5) is 4.79 Å². The van der Waals surface area contributed by atoms with Crippen molar-refractivity contribution in [3.05, 3.63) is 0 Å². The van der Waals surface area contributed by atoms with Crippen molar-refractivity contribution < 1.29 is 24.3 Å². The molecule has 1 heterocycles. The van der Waals surface area contributed by atoms with Gasteiger partial charge in [-0.2, -0.15) is 0 Å². The van der Waals surface area contributed by atoms with Gasteiger partial charge in [0.05, 0.1) is 0 Å². The van der Waals surface area contributed by atoms with Crippen LogP contribution in [0.25, 0.3) is 0 Å². The van der Waals surface area contributed by atoms with Gasteiger partial charge >= 0.3 is 12.0 Å². The van der Waals surface area contributed by atoms with Crippen LogP contribution in [0.3, 0.4) is 0 Å². The average molecular weight is 271 g/mol. The van der Waals surface area contributed by atoms with Crippen LogP contribution in [0.15, 0.2) is 0 Å². The van der Waals surface area contributed by atoms with Gasteiger partial charge in [-0.05, 0) is 20.3 Å². The first-order chi connectivity index (χ1) is 8.81. The summed E-state index contributed by atoms with van der Waals surface area (Å²) in [7, 11) is 0. The molecule has 106 valence electrons. The van der Waals surface area contributed by atoms with Crippen LogP contribution >= 0.6 is 0 Å². The molecule has 0 bridgehead atoms. The summed E-state index contributed by atoms with van der Waals surface area (Å²) in [5, 5.41) is 13.3. The lowest BCUT2D eigenvalue weighted by Crippen LogP contribution is -2.56. The second-order valence-electron chi connectivity index (χ2n) is 4.57. The molecule has 8 nitrogen and oxygen atoms in total. The number of nitrogens with zero attached hydrogens (tertiary/aromatic N) is 1. The van der Waals surface area contributed by atoms with Crippen LogP contribution in [-0.2, 0) is 14.4 Å². The van der Waals surface area contributed by atoms with Gasteiger partial charge in [0.2, 0.25) is 11.8 Å². The van der Waals surface area contributed by atoms with Crippen LogP contribution in [0.2, 0.25) is 0 Å². The molecule has 19 heavy (non-hydrogen) atoms. The van der Waals surface area contributed by atoms with Crippen molar-refractivity contribution >= 4 is 23.8 Å². The lowest BCUT2D eigenvalue weighted by Gasteiger charge is -2.28. The van der Waals surface area contributed by atoms with Crippen molar-refractivity contribution in [1.82, 2.24) is 15.5 Å². The fourth-order valence-corrected chi connectivity index (χ4v) is 1.70. The first-order valence-electron chi connectivity index (χ1n) is 5.94. The summed E-state index contributed by atoms with van der Waals surface area (Å²) in [4.78, 5) is 46.1. The standard InChI is InChI=1S/C11H17N3O5/c1-6(2)14(5-9(16)17)11(19)12-7-3-4-8(15)13-10(7)18/h6-7H,3-5H2,1-2H3,(H,12,19)(H,16,17)(H,13,15,18). The molecule has 0 spiro atoms. The zero-order valence-corrected chi connectivity index (χ0v) is 10.8. The first kappa shape index (κ1) is 14.9. The van der Waals surface area contributed by atoms with E-state index >= 15 is 0 Å². The number of nitrogens with one attached hydrogen (secondary N) is 2. The highest BCUT2D eigenvalue weighted by Gasteiger charge is 2.30. The fraction of sp³-hybridized carbons (Fsp3) is 0.636. The molecule has 0 aromatic carbocycles. The Kier molecular flexibility index (Phi) is 4.85. The van der Waals surface area contributed by atoms with Gasteiger partial charge in [-0.1, -0.05) is 0 Å². The number of carboxylic acid groups (broad SMARTS) is 1. The summed E-state index contributed by atoms with van der Waals surface area (Å²) < 4.78 is 0. The summed E-state index contributed by atoms with van der Waals surface area (Å²) in [6.45, 7) is 2.90. The minimum Gasteiger partial charge on any atom is -0.480 e. The van der Waals surface area contributed by atoms with Gasteiger partial charge in [0.1, 0.15) is 12.6 Å². The van der Waals surface area contributed by atoms with Gasteiger partial charge in [0, 0.05) is 12.5 Å². The van der Waals surface area contributed by atoms with E-state index in [0.717, 1.165) is 4.90 Å². The number of hydrogen-bond acceptors (Lipinski definition) is 4. The monoisotopic (exact) mass is 271 g/mol. The summed E-state index contributed by atoms with van der Waals surface area (Å²) in [5.74, 6) is -2.07. The number of imide groups is 1. The molecule has 0 aliphatic carbocycles. The molecule has 4 amide bonds. The normalized spacial score (nSPS) is 19.0. The molecule has 1 aliphatic rings. The molecular weight excluding hydrogens is 254 g/mol. The highest BCUT2D eigenvalue weighted by atomic mass is 16.4. The smallest absolute Gasteiger partial charge is 0.323 e. The largest absolute Gasteiger partial charge is 0.480 e. The lowest BCUT2D eigenvalue weighted by molar-refractivity contribution is -0.138. The number of urea groups is 1. The maximum atomic E-state index is 11.9. The van der Waals surface area contributed by atoms with E-state index in [1.165, 1.54) is 0 Å². The molecule has 1 rings (SSSR count). The van der Waals surface area contributed by atoms with Gasteiger partial charge < -0.3 is 15.3 Å². The number of carbonyl (C=O) groups excluding carboxylic acids is 3. The Bertz CT molecular complexity index is 407. The number of piperidine rings is 1. The molecule has 0 aromatic heterocycles. The Morgan fingerprint density at radius 1 is 1.47 bits per heavy atom. The van der Waals surface area contributed by atoms with Crippen molar-refractivity contribution in [2.45, 2.75) is 38.8 Å². The lowest BCUT2D eigenvalue weighted by atomic mass is 10.1. The fourth-order valence-electron chi connectivity index (χ4n) is 1.70. The van der Waals surface area contributed by atoms with E-state index in [9.17, 15) is 19.2 Å². The van der Waals surface area contributed by atoms with Gasteiger partial charge in [0.15, 0.2) is 0 Å². The van der Waals surface area contributed by atoms with Gasteiger partial charge in [0.25, 0.3) is 0 Å². The van der Waals surface area contributed by atoms with E-state index in [1.807, 2.05) is 0 Å². The van der Waals surface area contributed by atoms with E-state index in [4.69, 9.17) is 5.11 Å². The van der Waals surface area contributed by atoms with Crippen molar-refractivity contribution in [1.29, 1.82) is 0 Å². The third-order valence-corrected chi connectivity index (χ3v) is 2.73. The second kappa shape index (κ2) is 6.17. The van der Waals surface area contributed by atoms with E-state index in [-0.39, 0.29) is 24.8 Å². The molecule has 0 saturated carbocycles. The van der Waals surface area contributed by atoms with Crippen LogP contribution in [-0.4, -0.2) is 52.4 Å². The molecular formula is C11H17N3O5. The summed E-state index contributed by atoms with van der Waals surface area (Å²) in [6.07, 6.45) is 0.368. The summed E-state index contributed by atoms with van der Waals surface area (Å²) >= 11 is 0. The number of carboxylic acids is 1. The third-order valence-electron chi connectivity index (χ3n) is 2.73. The number of aliphatic carboxylic acids is 1. The average Bonchev–Trinajstić information content (AvgIpc) is 2.29. The van der Waals surface area contributed by atoms with Crippen molar-refractivity contribution in [2.24, 2.45) is 0 Å². The molecule has 0 aromatic rings. The molecule has 3 N–H and O–H groups in total. The zero-order valence-electron chi connectivity index (χ0n) is 10.8. The second-order valence-corrected chi connectivity index (χ2v) is 4.57. The van der Waals surface area contributed by atoms with Crippen LogP contribution in [0.1, 0.15) is 26.7 Å². The summed E-state index contributed by atoms with van der Waals surface area (Å²) in [5.41, 5.74) is 0. The predicted octanol–water partition coefficient (Wildman–Crippen LogP) is -0.704. The van der Waals surface area contributed by atoms with Crippen LogP contribution < -0.4 is 10.6 Å². The van der Waals surface area contributed by atoms with Crippen molar-refractivity contribution in [3.63, 3.8) is 0 Å². The van der Waals surface area contributed by atoms with Gasteiger partial charge in [-0.3, -0.25) is 19.7 Å². The minimum atomic E-state index is -1.13. The Morgan fingerprint density at radius 3 is 2.58 bits per heavy atom. The molecule has 8 heteroatoms. The minimum absolute atomic E-state index is 0.150. The molecule has 1 fully saturated rings. The Hall–Kier alpha value is -2.12. The van der Waals surface area contributed by atoms with Gasteiger partial charge in [-0.15, -0.1) is 0 Å². The molecule has 0 radical (unpaired) electrons. The maximum absolute atomic E-state index is 11.9. The predicted molar refractivity (Wildman–Crippen MR) is 64.2 cm³/mol. The SMILES string of the molecule is CC(C)N(CC(=O)O)C(=O)NC1CCC(=O)NC1=O. The van der Waals surface area contributed by atoms with Crippen LogP contribution in [0, 0.1) is 0 Å². The van der Waals surface area contributed by atoms with E-state index in [0.29, 0.717) is 0 Å². The Labute approximate surface area is 110 Å². The van der Waals surface area contributed by atoms with Crippen molar-refractivity contribution in [2.75, 3.05) is 6.54 Å². The third kappa shape index (κ3) is 4.23. The number of rotatable bonds is 4. The zero-order chi connectivity index (χ0) is 14.6. The van der Waals surface area contributed by atoms with E-state index in [2.05, 4.69) is 10.6 Å². The number of hydrogen-bond donors (Lipinski definition) is 3. The van der Waals surface area contributed by atoms with E-state index < -0.39 is 30.5 Å². The topological polar surface area (TPSA) is 116 Å². The Balaban J connectivity index is 2.63. The summed E-state index contributed by atoms with van der Waals surface area (Å²) in [6, 6.07) is -1.75. The molecule has 1 atom stereocenters. The quantitative estimate of drug-likeness (QED) is 0.584. The highest BCUT2D eigenvalue weighted by Crippen LogP contribution is 2.06. The Morgan fingerprint density at radius 2 is 2.11 bits per heavy atom. The first-order valence-corrected chi connectivity index (χ1v) is 5.94. The van der Waals surface area contributed by atoms with Crippen molar-refractivity contribution in [3.8, 4) is 0 Å². The number of amides is 4. The highest BCUT2D eigenvalue weighted by molar-refractivity contribution is 6.01. The molecule has 1 saturated heterocycles. The van der Waals surface area contributed by atoms with Gasteiger partial charge in [-0.25, -0.2) is 4.79 Å². The maximum Gasteiger partial charge on any atom is 0.323 e. The van der Waals surface area contributed by atoms with E-state index in [1.54, 1.807) is 13.8 Å². The van der Waals surface area contributed by atoms with Crippen LogP contribution in [0.5, 0.6) is 0 Å². The number of carbonyl (C=O) groups is 4. The molecule has 1 aliphatic heterocycles. The molecule has 1 unspecified atom stereocenters.